The number of anilines is 1. The van der Waals surface area contributed by atoms with Gasteiger partial charge in [-0.3, -0.25) is 4.79 Å². The van der Waals surface area contributed by atoms with E-state index in [9.17, 15) is 4.79 Å². The van der Waals surface area contributed by atoms with Crippen LogP contribution in [0.25, 0.3) is 0 Å². The van der Waals surface area contributed by atoms with Crippen molar-refractivity contribution in [3.8, 4) is 46.0 Å². The molecular weight excluding hydrogens is 730 g/mol. The first-order chi connectivity index (χ1) is 27.8. The molecule has 57 heavy (non-hydrogen) atoms. The van der Waals surface area contributed by atoms with Crippen LogP contribution >= 0.6 is 0 Å². The Kier molecular flexibility index (Phi) is 13.7. The summed E-state index contributed by atoms with van der Waals surface area (Å²) < 4.78 is 46.1. The first-order valence-electron chi connectivity index (χ1n) is 19.2. The van der Waals surface area contributed by atoms with Gasteiger partial charge in [-0.15, -0.1) is 0 Å². The van der Waals surface area contributed by atoms with Crippen molar-refractivity contribution >= 4 is 17.3 Å². The number of ether oxygens (including phenoxy) is 8. The van der Waals surface area contributed by atoms with Crippen LogP contribution in [-0.4, -0.2) is 67.5 Å². The molecule has 0 radical (unpaired) electrons. The van der Waals surface area contributed by atoms with Crippen LogP contribution in [0.5, 0.6) is 46.0 Å². The molecule has 13 nitrogen and oxygen atoms in total. The lowest BCUT2D eigenvalue weighted by atomic mass is 9.98. The predicted molar refractivity (Wildman–Crippen MR) is 217 cm³/mol. The van der Waals surface area contributed by atoms with Gasteiger partial charge in [-0.2, -0.15) is 0 Å². The maximum absolute atomic E-state index is 12.7. The summed E-state index contributed by atoms with van der Waals surface area (Å²) >= 11 is 0. The molecule has 2 aliphatic heterocycles. The topological polar surface area (TPSA) is 137 Å². The Bertz CT molecular complexity index is 2030. The largest absolute Gasteiger partial charge is 0.493 e. The fourth-order valence-corrected chi connectivity index (χ4v) is 7.07. The summed E-state index contributed by atoms with van der Waals surface area (Å²) in [6.07, 6.45) is 5.78. The number of amides is 1. The molecule has 304 valence electrons. The number of nitrogens with zero attached hydrogens (tertiary/aromatic N) is 1. The van der Waals surface area contributed by atoms with E-state index in [1.54, 1.807) is 42.7 Å². The summed E-state index contributed by atoms with van der Waals surface area (Å²) in [5.41, 5.74) is 5.73. The van der Waals surface area contributed by atoms with Crippen LogP contribution in [0.3, 0.4) is 0 Å². The summed E-state index contributed by atoms with van der Waals surface area (Å²) in [7, 11) is 9.59. The molecule has 13 heteroatoms. The lowest BCUT2D eigenvalue weighted by Gasteiger charge is -2.28. The number of unbranched alkanes of at least 4 members (excludes halogenated alkanes) is 5. The molecule has 1 amide bonds. The number of aryl methyl sites for hydroxylation is 1. The van der Waals surface area contributed by atoms with Gasteiger partial charge in [-0.05, 0) is 73.9 Å². The lowest BCUT2D eigenvalue weighted by molar-refractivity contribution is 0.0831. The van der Waals surface area contributed by atoms with Crippen molar-refractivity contribution in [3.05, 3.63) is 88.5 Å². The Hall–Kier alpha value is -5.98. The lowest BCUT2D eigenvalue weighted by Crippen LogP contribution is -2.38. The van der Waals surface area contributed by atoms with Crippen molar-refractivity contribution in [3.63, 3.8) is 0 Å². The second kappa shape index (κ2) is 19.2. The number of benzene rings is 4. The van der Waals surface area contributed by atoms with E-state index in [1.807, 2.05) is 67.6 Å². The molecule has 0 fully saturated rings. The minimum atomic E-state index is -0.391. The standard InChI is InChI=1S/C44H53N3O10/c1-27-14-17-32-31(22-27)44(48)46-43(45-32)28-15-18-34(37(23-28)50-3)55-20-12-10-8-9-11-13-21-56-42-35(49-2)19-16-30(40(42)53-6)36-26-33(47-57-36)29-24-38(51-4)41(54-7)39(25-29)52-5/h14-19,22-25,36,43,45H,8-13,20-21,26H2,1-7H3,(H,46,48). The van der Waals surface area contributed by atoms with Crippen molar-refractivity contribution < 1.29 is 47.5 Å². The Labute approximate surface area is 334 Å². The van der Waals surface area contributed by atoms with Crippen molar-refractivity contribution in [2.24, 2.45) is 5.16 Å². The molecule has 0 aliphatic carbocycles. The van der Waals surface area contributed by atoms with Crippen LogP contribution in [0.4, 0.5) is 5.69 Å². The van der Waals surface area contributed by atoms with Crippen LogP contribution < -0.4 is 48.5 Å². The summed E-state index contributed by atoms with van der Waals surface area (Å²) in [6.45, 7) is 3.07. The molecule has 2 atom stereocenters. The number of carbonyl (C=O) groups is 1. The first kappa shape index (κ1) is 40.7. The van der Waals surface area contributed by atoms with Crippen LogP contribution in [0, 0.1) is 6.92 Å². The maximum Gasteiger partial charge on any atom is 0.255 e. The molecule has 0 bridgehead atoms. The number of fused-ring (bicyclic) bond motifs is 1. The highest BCUT2D eigenvalue weighted by Crippen LogP contribution is 2.46. The fraction of sp³-hybridized carbons (Fsp3) is 0.409. The smallest absolute Gasteiger partial charge is 0.255 e. The van der Waals surface area contributed by atoms with Crippen LogP contribution in [-0.2, 0) is 4.84 Å². The average molecular weight is 784 g/mol. The van der Waals surface area contributed by atoms with Crippen molar-refractivity contribution in [2.75, 3.05) is 61.2 Å². The van der Waals surface area contributed by atoms with E-state index in [-0.39, 0.29) is 12.1 Å². The number of methoxy groups -OCH3 is 6. The molecule has 2 heterocycles. The van der Waals surface area contributed by atoms with Crippen LogP contribution in [0.2, 0.25) is 0 Å². The second-order valence-electron chi connectivity index (χ2n) is 13.8. The van der Waals surface area contributed by atoms with E-state index >= 15 is 0 Å². The van der Waals surface area contributed by atoms with Gasteiger partial charge in [0.1, 0.15) is 6.17 Å². The molecule has 4 aromatic rings. The molecule has 2 N–H and O–H groups in total. The Morgan fingerprint density at radius 3 is 1.95 bits per heavy atom. The van der Waals surface area contributed by atoms with Gasteiger partial charge in [-0.25, -0.2) is 0 Å². The zero-order chi connectivity index (χ0) is 40.3. The third kappa shape index (κ3) is 9.36. The van der Waals surface area contributed by atoms with Gasteiger partial charge in [0, 0.05) is 23.2 Å². The Morgan fingerprint density at radius 2 is 1.28 bits per heavy atom. The molecular formula is C44H53N3O10. The summed E-state index contributed by atoms with van der Waals surface area (Å²) in [6, 6.07) is 19.1. The molecule has 0 saturated heterocycles. The number of oxime groups is 1. The quantitative estimate of drug-likeness (QED) is 0.0835. The third-order valence-electron chi connectivity index (χ3n) is 10.1. The summed E-state index contributed by atoms with van der Waals surface area (Å²) in [4.78, 5) is 18.7. The molecule has 0 aromatic heterocycles. The van der Waals surface area contributed by atoms with Crippen molar-refractivity contribution in [1.82, 2.24) is 5.32 Å². The normalized spacial score (nSPS) is 15.6. The SMILES string of the molecule is COc1cc(C2NC(=O)c3cc(C)ccc3N2)ccc1OCCCCCCCCOc1c(OC)ccc(C2CC(c3cc(OC)c(OC)c(OC)c3)=NO2)c1OC. The number of hydrogen-bond acceptors (Lipinski definition) is 12. The van der Waals surface area contributed by atoms with Gasteiger partial charge < -0.3 is 53.4 Å². The van der Waals surface area contributed by atoms with Gasteiger partial charge in [0.15, 0.2) is 40.6 Å². The van der Waals surface area contributed by atoms with E-state index in [4.69, 9.17) is 42.7 Å². The van der Waals surface area contributed by atoms with Gasteiger partial charge in [0.2, 0.25) is 11.5 Å². The number of carbonyl (C=O) groups excluding carboxylic acids is 1. The minimum absolute atomic E-state index is 0.106. The summed E-state index contributed by atoms with van der Waals surface area (Å²) in [5, 5.41) is 10.8. The maximum atomic E-state index is 12.7. The molecule has 2 unspecified atom stereocenters. The third-order valence-corrected chi connectivity index (χ3v) is 10.1. The first-order valence-corrected chi connectivity index (χ1v) is 19.2. The zero-order valence-electron chi connectivity index (χ0n) is 33.8. The van der Waals surface area contributed by atoms with Crippen LogP contribution in [0.1, 0.15) is 89.8 Å². The molecule has 0 saturated carbocycles. The average Bonchev–Trinajstić information content (AvgIpc) is 3.74. The molecule has 4 aromatic carbocycles. The van der Waals surface area contributed by atoms with Crippen molar-refractivity contribution in [2.45, 2.75) is 64.1 Å². The monoisotopic (exact) mass is 783 g/mol. The van der Waals surface area contributed by atoms with E-state index in [0.717, 1.165) is 72.2 Å². The van der Waals surface area contributed by atoms with E-state index in [0.29, 0.717) is 71.2 Å². The molecule has 6 rings (SSSR count). The number of nitrogens with one attached hydrogen (secondary N) is 2. The zero-order valence-corrected chi connectivity index (χ0v) is 33.8. The van der Waals surface area contributed by atoms with Crippen LogP contribution in [0.15, 0.2) is 65.8 Å². The van der Waals surface area contributed by atoms with Gasteiger partial charge in [-0.1, -0.05) is 48.5 Å². The highest BCUT2D eigenvalue weighted by Gasteiger charge is 2.31. The van der Waals surface area contributed by atoms with Gasteiger partial charge >= 0.3 is 0 Å². The Morgan fingerprint density at radius 1 is 0.632 bits per heavy atom. The highest BCUT2D eigenvalue weighted by molar-refractivity contribution is 6.03. The fourth-order valence-electron chi connectivity index (χ4n) is 7.07. The van der Waals surface area contributed by atoms with Crippen molar-refractivity contribution in [1.29, 1.82) is 0 Å². The van der Waals surface area contributed by atoms with Gasteiger partial charge in [0.05, 0.1) is 67.1 Å². The summed E-state index contributed by atoms with van der Waals surface area (Å²) in [5.74, 6) is 4.48. The Balaban J connectivity index is 0.935. The number of rotatable bonds is 20. The molecule has 0 spiro atoms. The van der Waals surface area contributed by atoms with E-state index in [1.165, 1.54) is 0 Å². The molecule has 2 aliphatic rings. The van der Waals surface area contributed by atoms with E-state index < -0.39 is 6.10 Å². The number of hydrogen-bond donors (Lipinski definition) is 2. The predicted octanol–water partition coefficient (Wildman–Crippen LogP) is 8.56. The minimum Gasteiger partial charge on any atom is -0.493 e. The van der Waals surface area contributed by atoms with Gasteiger partial charge in [0.25, 0.3) is 5.91 Å². The van der Waals surface area contributed by atoms with E-state index in [2.05, 4.69) is 15.8 Å². The second-order valence-corrected chi connectivity index (χ2v) is 13.8. The highest BCUT2D eigenvalue weighted by atomic mass is 16.6.